The van der Waals surface area contributed by atoms with E-state index in [2.05, 4.69) is 16.2 Å². The van der Waals surface area contributed by atoms with Crippen LogP contribution in [0.2, 0.25) is 0 Å². The highest BCUT2D eigenvalue weighted by Crippen LogP contribution is 1.83. The van der Waals surface area contributed by atoms with Crippen molar-refractivity contribution in [3.8, 4) is 0 Å². The molecule has 0 spiro atoms. The van der Waals surface area contributed by atoms with Crippen LogP contribution in [-0.2, 0) is 0 Å². The highest BCUT2D eigenvalue weighted by Gasteiger charge is 1.90. The molecule has 0 saturated heterocycles. The lowest BCUT2D eigenvalue weighted by atomic mass is 10.4. The van der Waals surface area contributed by atoms with Gasteiger partial charge in [0, 0.05) is 0 Å². The highest BCUT2D eigenvalue weighted by molar-refractivity contribution is 4.49. The summed E-state index contributed by atoms with van der Waals surface area (Å²) in [5, 5.41) is 14.6. The first-order valence-corrected chi connectivity index (χ1v) is 2.02. The summed E-state index contributed by atoms with van der Waals surface area (Å²) in [6, 6.07) is -0.162. The third-order valence-corrected chi connectivity index (χ3v) is 0.528. The van der Waals surface area contributed by atoms with E-state index in [0.29, 0.717) is 0 Å². The molecule has 1 atom stereocenters. The summed E-state index contributed by atoms with van der Waals surface area (Å²) in [6.45, 7) is 1.72. The molecule has 0 radical (unpaired) electrons. The number of nitrogens with two attached hydrogens (primary N) is 1. The fourth-order valence-corrected chi connectivity index (χ4v) is 0.150. The Balaban J connectivity index is 3.16. The van der Waals surface area contributed by atoms with Crippen LogP contribution in [0.1, 0.15) is 6.92 Å². The number of hydrogen-bond donors (Lipinski definition) is 2. The standard InChI is InChI=1S/C3H9N3O/c1-3(2-7)5-6-4/h3,7H,2H2,1H3,(H2,4,5)/t3-/m0/s1. The predicted octanol–water partition coefficient (Wildman–Crippen LogP) is -0.307. The smallest absolute Gasteiger partial charge is 0.0931 e. The molecule has 7 heavy (non-hydrogen) atoms. The number of hydrogen-bond acceptors (Lipinski definition) is 3. The average molecular weight is 103 g/mol. The van der Waals surface area contributed by atoms with Gasteiger partial charge in [0.2, 0.25) is 0 Å². The SMILES string of the molecule is C[C@@H](CO)N=NN. The van der Waals surface area contributed by atoms with Crippen molar-refractivity contribution in [2.75, 3.05) is 6.61 Å². The lowest BCUT2D eigenvalue weighted by Crippen LogP contribution is -2.02. The molecule has 0 aromatic carbocycles. The van der Waals surface area contributed by atoms with Crippen molar-refractivity contribution in [1.82, 2.24) is 0 Å². The molecule has 0 aromatic rings. The normalized spacial score (nSPS) is 15.1. The second kappa shape index (κ2) is 3.55. The molecule has 0 amide bonds. The van der Waals surface area contributed by atoms with E-state index in [9.17, 15) is 0 Å². The molecular formula is C3H9N3O. The van der Waals surface area contributed by atoms with Crippen LogP contribution in [0.3, 0.4) is 0 Å². The molecule has 0 rings (SSSR count). The van der Waals surface area contributed by atoms with Crippen LogP contribution in [0.4, 0.5) is 0 Å². The van der Waals surface area contributed by atoms with Gasteiger partial charge in [0.1, 0.15) is 0 Å². The molecule has 0 aliphatic carbocycles. The molecule has 0 fully saturated rings. The van der Waals surface area contributed by atoms with Gasteiger partial charge in [-0.1, -0.05) is 5.22 Å². The Kier molecular flexibility index (Phi) is 3.22. The van der Waals surface area contributed by atoms with Crippen molar-refractivity contribution in [3.63, 3.8) is 0 Å². The Hall–Kier alpha value is -0.640. The molecule has 0 unspecified atom stereocenters. The third-order valence-electron chi connectivity index (χ3n) is 0.528. The van der Waals surface area contributed by atoms with Gasteiger partial charge in [-0.15, -0.1) is 0 Å². The van der Waals surface area contributed by atoms with Gasteiger partial charge in [0.25, 0.3) is 0 Å². The van der Waals surface area contributed by atoms with E-state index in [1.807, 2.05) is 0 Å². The summed E-state index contributed by atoms with van der Waals surface area (Å²) in [7, 11) is 0. The van der Waals surface area contributed by atoms with Gasteiger partial charge in [-0.25, -0.2) is 0 Å². The number of aliphatic hydroxyl groups is 1. The van der Waals surface area contributed by atoms with Gasteiger partial charge < -0.3 is 10.9 Å². The van der Waals surface area contributed by atoms with Crippen LogP contribution >= 0.6 is 0 Å². The zero-order valence-electron chi connectivity index (χ0n) is 4.20. The number of aliphatic hydroxyl groups excluding tert-OH is 1. The Morgan fingerprint density at radius 2 is 2.43 bits per heavy atom. The Bertz CT molecular complexity index is 63.2. The molecule has 3 N–H and O–H groups in total. The summed E-state index contributed by atoms with van der Waals surface area (Å²) < 4.78 is 0. The maximum Gasteiger partial charge on any atom is 0.0931 e. The zero-order chi connectivity index (χ0) is 5.70. The second-order valence-electron chi connectivity index (χ2n) is 1.26. The largest absolute Gasteiger partial charge is 0.394 e. The van der Waals surface area contributed by atoms with Gasteiger partial charge in [-0.2, -0.15) is 5.11 Å². The molecule has 0 heterocycles. The van der Waals surface area contributed by atoms with Gasteiger partial charge in [-0.3, -0.25) is 0 Å². The molecule has 0 bridgehead atoms. The first kappa shape index (κ1) is 6.36. The first-order valence-electron chi connectivity index (χ1n) is 2.02. The van der Waals surface area contributed by atoms with E-state index >= 15 is 0 Å². The first-order chi connectivity index (χ1) is 3.31. The van der Waals surface area contributed by atoms with Gasteiger partial charge in [0.05, 0.1) is 12.6 Å². The molecule has 0 saturated carbocycles. The monoisotopic (exact) mass is 103 g/mol. The Morgan fingerprint density at radius 1 is 1.86 bits per heavy atom. The van der Waals surface area contributed by atoms with Gasteiger partial charge >= 0.3 is 0 Å². The summed E-state index contributed by atoms with van der Waals surface area (Å²) in [5.41, 5.74) is 0. The fourth-order valence-electron chi connectivity index (χ4n) is 0.150. The van der Waals surface area contributed by atoms with E-state index in [1.165, 1.54) is 0 Å². The molecule has 42 valence electrons. The van der Waals surface area contributed by atoms with E-state index in [4.69, 9.17) is 5.11 Å². The van der Waals surface area contributed by atoms with Crippen LogP contribution in [0.15, 0.2) is 10.3 Å². The van der Waals surface area contributed by atoms with Gasteiger partial charge in [-0.05, 0) is 6.92 Å². The van der Waals surface area contributed by atoms with E-state index in [0.717, 1.165) is 0 Å². The molecule has 0 aliphatic heterocycles. The van der Waals surface area contributed by atoms with Crippen molar-refractivity contribution in [3.05, 3.63) is 0 Å². The van der Waals surface area contributed by atoms with Gasteiger partial charge in [0.15, 0.2) is 0 Å². The number of rotatable bonds is 2. The minimum absolute atomic E-state index is 0.000694. The van der Waals surface area contributed by atoms with Crippen molar-refractivity contribution in [1.29, 1.82) is 0 Å². The lowest BCUT2D eigenvalue weighted by molar-refractivity contribution is 0.270. The maximum atomic E-state index is 8.26. The van der Waals surface area contributed by atoms with E-state index in [-0.39, 0.29) is 12.6 Å². The number of nitrogens with zero attached hydrogens (tertiary/aromatic N) is 2. The molecule has 4 heteroatoms. The molecule has 0 aromatic heterocycles. The average Bonchev–Trinajstić information content (AvgIpc) is 1.68. The van der Waals surface area contributed by atoms with Crippen molar-refractivity contribution >= 4 is 0 Å². The minimum atomic E-state index is -0.162. The molecule has 4 nitrogen and oxygen atoms in total. The lowest BCUT2D eigenvalue weighted by Gasteiger charge is -1.92. The molecule has 0 aliphatic rings. The fraction of sp³-hybridized carbons (Fsp3) is 1.00. The topological polar surface area (TPSA) is 71.0 Å². The van der Waals surface area contributed by atoms with Crippen LogP contribution in [-0.4, -0.2) is 17.8 Å². The third kappa shape index (κ3) is 3.18. The Morgan fingerprint density at radius 3 is 2.57 bits per heavy atom. The van der Waals surface area contributed by atoms with Crippen molar-refractivity contribution in [2.24, 2.45) is 16.2 Å². The van der Waals surface area contributed by atoms with E-state index in [1.54, 1.807) is 6.92 Å². The van der Waals surface area contributed by atoms with Crippen molar-refractivity contribution in [2.45, 2.75) is 13.0 Å². The van der Waals surface area contributed by atoms with E-state index < -0.39 is 0 Å². The minimum Gasteiger partial charge on any atom is -0.394 e. The predicted molar refractivity (Wildman–Crippen MR) is 25.6 cm³/mol. The second-order valence-corrected chi connectivity index (χ2v) is 1.26. The van der Waals surface area contributed by atoms with Crippen molar-refractivity contribution < 1.29 is 5.11 Å². The molecular weight excluding hydrogens is 94.1 g/mol. The maximum absolute atomic E-state index is 8.26. The zero-order valence-corrected chi connectivity index (χ0v) is 4.20. The van der Waals surface area contributed by atoms with Crippen LogP contribution in [0.5, 0.6) is 0 Å². The summed E-state index contributed by atoms with van der Waals surface area (Å²) in [4.78, 5) is 0. The summed E-state index contributed by atoms with van der Waals surface area (Å²) >= 11 is 0. The highest BCUT2D eigenvalue weighted by atomic mass is 16.3. The van der Waals surface area contributed by atoms with Crippen LogP contribution in [0.25, 0.3) is 0 Å². The van der Waals surface area contributed by atoms with Crippen LogP contribution in [0, 0.1) is 0 Å². The Labute approximate surface area is 42.0 Å². The quantitative estimate of drug-likeness (QED) is 0.286. The summed E-state index contributed by atoms with van der Waals surface area (Å²) in [6.07, 6.45) is 0. The summed E-state index contributed by atoms with van der Waals surface area (Å²) in [5.74, 6) is 4.65. The van der Waals surface area contributed by atoms with Crippen LogP contribution < -0.4 is 5.84 Å².